The van der Waals surface area contributed by atoms with Crippen molar-refractivity contribution in [3.05, 3.63) is 35.0 Å². The van der Waals surface area contributed by atoms with E-state index in [1.54, 1.807) is 0 Å². The van der Waals surface area contributed by atoms with E-state index < -0.39 is 0 Å². The molecule has 0 fully saturated rings. The molecule has 20 heavy (non-hydrogen) atoms. The Hall–Kier alpha value is -1.03. The van der Waals surface area contributed by atoms with E-state index >= 15 is 0 Å². The minimum absolute atomic E-state index is 0.331. The zero-order valence-corrected chi connectivity index (χ0v) is 13.1. The van der Waals surface area contributed by atoms with Gasteiger partial charge in [0, 0.05) is 35.8 Å². The van der Waals surface area contributed by atoms with Crippen LogP contribution < -0.4 is 5.32 Å². The maximum absolute atomic E-state index is 6.42. The molecule has 1 unspecified atom stereocenters. The van der Waals surface area contributed by atoms with Crippen LogP contribution in [0.4, 0.5) is 0 Å². The molecule has 0 radical (unpaired) electrons. The van der Waals surface area contributed by atoms with Crippen LogP contribution in [0.3, 0.4) is 0 Å². The normalized spacial score (nSPS) is 13.2. The van der Waals surface area contributed by atoms with Crippen LogP contribution in [0.1, 0.15) is 26.5 Å². The number of nitrogens with one attached hydrogen (secondary N) is 2. The van der Waals surface area contributed by atoms with Gasteiger partial charge in [0.25, 0.3) is 0 Å². The van der Waals surface area contributed by atoms with Gasteiger partial charge in [0.2, 0.25) is 0 Å². The third-order valence-corrected chi connectivity index (χ3v) is 3.99. The Morgan fingerprint density at radius 2 is 2.05 bits per heavy atom. The summed E-state index contributed by atoms with van der Waals surface area (Å²) in [6.45, 7) is 8.62. The topological polar surface area (TPSA) is 37.0 Å². The van der Waals surface area contributed by atoms with Crippen molar-refractivity contribution in [2.75, 3.05) is 13.2 Å². The standard InChI is InChI=1S/C16H23ClN2O/c1-4-20-10-15(11(2)3)18-9-14-16(17)12-7-5-6-8-13(12)19-14/h5-8,11,15,18-19H,4,9-10H2,1-3H3. The number of ether oxygens (including phenoxy) is 1. The summed E-state index contributed by atoms with van der Waals surface area (Å²) in [5.41, 5.74) is 2.12. The third-order valence-electron chi connectivity index (χ3n) is 3.56. The van der Waals surface area contributed by atoms with Crippen LogP contribution in [-0.4, -0.2) is 24.2 Å². The second kappa shape index (κ2) is 7.11. The fraction of sp³-hybridized carbons (Fsp3) is 0.500. The summed E-state index contributed by atoms with van der Waals surface area (Å²) >= 11 is 6.42. The highest BCUT2D eigenvalue weighted by Crippen LogP contribution is 2.27. The molecule has 0 aliphatic rings. The second-order valence-electron chi connectivity index (χ2n) is 5.35. The quantitative estimate of drug-likeness (QED) is 0.811. The fourth-order valence-corrected chi connectivity index (χ4v) is 2.53. The van der Waals surface area contributed by atoms with Crippen molar-refractivity contribution in [1.29, 1.82) is 0 Å². The van der Waals surface area contributed by atoms with Crippen LogP contribution in [0.25, 0.3) is 10.9 Å². The van der Waals surface area contributed by atoms with Crippen LogP contribution in [0, 0.1) is 5.92 Å². The van der Waals surface area contributed by atoms with E-state index in [1.165, 1.54) is 0 Å². The van der Waals surface area contributed by atoms with E-state index in [2.05, 4.69) is 24.1 Å². The lowest BCUT2D eigenvalue weighted by Crippen LogP contribution is -2.37. The summed E-state index contributed by atoms with van der Waals surface area (Å²) in [5, 5.41) is 5.42. The van der Waals surface area contributed by atoms with Crippen LogP contribution >= 0.6 is 11.6 Å². The van der Waals surface area contributed by atoms with E-state index in [1.807, 2.05) is 31.2 Å². The summed E-state index contributed by atoms with van der Waals surface area (Å²) in [5.74, 6) is 0.518. The van der Waals surface area contributed by atoms with Gasteiger partial charge < -0.3 is 15.0 Å². The number of fused-ring (bicyclic) bond motifs is 1. The highest BCUT2D eigenvalue weighted by atomic mass is 35.5. The molecule has 0 amide bonds. The molecule has 1 aromatic carbocycles. The van der Waals surface area contributed by atoms with Crippen LogP contribution in [0.2, 0.25) is 5.02 Å². The van der Waals surface area contributed by atoms with Crippen molar-refractivity contribution in [2.45, 2.75) is 33.4 Å². The van der Waals surface area contributed by atoms with Gasteiger partial charge in [-0.2, -0.15) is 0 Å². The number of aromatic amines is 1. The van der Waals surface area contributed by atoms with Gasteiger partial charge in [0.15, 0.2) is 0 Å². The molecular formula is C16H23ClN2O. The fourth-order valence-electron chi connectivity index (χ4n) is 2.25. The Labute approximate surface area is 125 Å². The average molecular weight is 295 g/mol. The predicted molar refractivity (Wildman–Crippen MR) is 85.3 cm³/mol. The first-order valence-electron chi connectivity index (χ1n) is 7.19. The molecule has 0 saturated carbocycles. The van der Waals surface area contributed by atoms with Gasteiger partial charge in [-0.15, -0.1) is 0 Å². The molecule has 0 spiro atoms. The molecule has 0 bridgehead atoms. The molecule has 1 aromatic heterocycles. The average Bonchev–Trinajstić information content (AvgIpc) is 2.76. The van der Waals surface area contributed by atoms with E-state index in [0.717, 1.165) is 41.4 Å². The first-order chi connectivity index (χ1) is 9.63. The zero-order chi connectivity index (χ0) is 14.5. The van der Waals surface area contributed by atoms with Crippen molar-refractivity contribution < 1.29 is 4.74 Å². The Morgan fingerprint density at radius 3 is 2.70 bits per heavy atom. The summed E-state index contributed by atoms with van der Waals surface area (Å²) in [6, 6.07) is 8.43. The zero-order valence-electron chi connectivity index (χ0n) is 12.4. The van der Waals surface area contributed by atoms with E-state index in [4.69, 9.17) is 16.3 Å². The molecule has 4 heteroatoms. The number of hydrogen-bond acceptors (Lipinski definition) is 2. The Balaban J connectivity index is 2.05. The predicted octanol–water partition coefficient (Wildman–Crippen LogP) is 3.97. The van der Waals surface area contributed by atoms with E-state index in [9.17, 15) is 0 Å². The van der Waals surface area contributed by atoms with Gasteiger partial charge in [-0.05, 0) is 18.9 Å². The molecule has 2 rings (SSSR count). The molecule has 2 aromatic rings. The molecule has 0 saturated heterocycles. The Morgan fingerprint density at radius 1 is 1.30 bits per heavy atom. The van der Waals surface area contributed by atoms with Crippen LogP contribution in [0.5, 0.6) is 0 Å². The number of benzene rings is 1. The number of H-pyrrole nitrogens is 1. The Kier molecular flexibility index (Phi) is 5.46. The summed E-state index contributed by atoms with van der Waals surface area (Å²) in [4.78, 5) is 3.38. The Bertz CT molecular complexity index is 550. The SMILES string of the molecule is CCOCC(NCc1[nH]c2ccccc2c1Cl)C(C)C. The van der Waals surface area contributed by atoms with Gasteiger partial charge in [0.1, 0.15) is 0 Å². The molecule has 1 heterocycles. The molecule has 1 atom stereocenters. The minimum atomic E-state index is 0.331. The smallest absolute Gasteiger partial charge is 0.0705 e. The van der Waals surface area contributed by atoms with Crippen molar-refractivity contribution in [3.63, 3.8) is 0 Å². The van der Waals surface area contributed by atoms with Crippen molar-refractivity contribution >= 4 is 22.5 Å². The maximum atomic E-state index is 6.42. The largest absolute Gasteiger partial charge is 0.380 e. The molecule has 2 N–H and O–H groups in total. The lowest BCUT2D eigenvalue weighted by molar-refractivity contribution is 0.107. The summed E-state index contributed by atoms with van der Waals surface area (Å²) in [6.07, 6.45) is 0. The first kappa shape index (κ1) is 15.4. The molecule has 0 aliphatic heterocycles. The van der Waals surface area contributed by atoms with Gasteiger partial charge in [-0.1, -0.05) is 43.6 Å². The minimum Gasteiger partial charge on any atom is -0.380 e. The lowest BCUT2D eigenvalue weighted by Gasteiger charge is -2.22. The van der Waals surface area contributed by atoms with Gasteiger partial charge in [-0.3, -0.25) is 0 Å². The first-order valence-corrected chi connectivity index (χ1v) is 7.57. The highest BCUT2D eigenvalue weighted by Gasteiger charge is 2.15. The highest BCUT2D eigenvalue weighted by molar-refractivity contribution is 6.36. The molecule has 110 valence electrons. The van der Waals surface area contributed by atoms with Crippen LogP contribution in [0.15, 0.2) is 24.3 Å². The molecule has 0 aliphatic carbocycles. The number of hydrogen-bond donors (Lipinski definition) is 2. The second-order valence-corrected chi connectivity index (χ2v) is 5.73. The summed E-state index contributed by atoms with van der Waals surface area (Å²) in [7, 11) is 0. The van der Waals surface area contributed by atoms with Crippen LogP contribution in [-0.2, 0) is 11.3 Å². The van der Waals surface area contributed by atoms with E-state index in [0.29, 0.717) is 12.0 Å². The van der Waals surface area contributed by atoms with E-state index in [-0.39, 0.29) is 0 Å². The van der Waals surface area contributed by atoms with Crippen molar-refractivity contribution in [1.82, 2.24) is 10.3 Å². The third kappa shape index (κ3) is 3.54. The van der Waals surface area contributed by atoms with Gasteiger partial charge in [0.05, 0.1) is 11.6 Å². The number of aromatic nitrogens is 1. The molecular weight excluding hydrogens is 272 g/mol. The van der Waals surface area contributed by atoms with Crippen molar-refractivity contribution in [3.8, 4) is 0 Å². The number of para-hydroxylation sites is 1. The van der Waals surface area contributed by atoms with Gasteiger partial charge >= 0.3 is 0 Å². The maximum Gasteiger partial charge on any atom is 0.0705 e. The monoisotopic (exact) mass is 294 g/mol. The summed E-state index contributed by atoms with van der Waals surface area (Å²) < 4.78 is 5.53. The lowest BCUT2D eigenvalue weighted by atomic mass is 10.1. The molecule has 3 nitrogen and oxygen atoms in total. The number of rotatable bonds is 7. The number of halogens is 1. The van der Waals surface area contributed by atoms with Crippen molar-refractivity contribution in [2.24, 2.45) is 5.92 Å². The van der Waals surface area contributed by atoms with Gasteiger partial charge in [-0.25, -0.2) is 0 Å².